The normalized spacial score (nSPS) is 17.6. The second-order valence-corrected chi connectivity index (χ2v) is 6.02. The van der Waals surface area contributed by atoms with Gasteiger partial charge in [-0.25, -0.2) is 4.98 Å². The number of methoxy groups -OCH3 is 1. The van der Waals surface area contributed by atoms with E-state index in [1.54, 1.807) is 7.11 Å². The third kappa shape index (κ3) is 2.43. The van der Waals surface area contributed by atoms with Crippen LogP contribution < -0.4 is 0 Å². The number of nitrogens with zero attached hydrogens (tertiary/aromatic N) is 3. The van der Waals surface area contributed by atoms with Crippen molar-refractivity contribution in [1.82, 2.24) is 19.4 Å². The van der Waals surface area contributed by atoms with E-state index in [1.165, 1.54) is 5.69 Å². The second-order valence-electron chi connectivity index (χ2n) is 6.02. The fraction of sp³-hybridized carbons (Fsp3) is 0.500. The topological polar surface area (TPSA) is 63.1 Å². The number of aromatic nitrogens is 3. The minimum Gasteiger partial charge on any atom is -0.384 e. The standard InChI is InChI=1S/C16H22N4O2/c1-10-5-13(11(2)18-10)16(21)20-6-12(8-22-4)15-14(7-20)17-9-19(15)3/h5,9,12,18H,6-8H2,1-4H3/t12-/m1/s1. The molecule has 0 saturated carbocycles. The molecule has 1 aliphatic rings. The van der Waals surface area contributed by atoms with Crippen LogP contribution in [0.25, 0.3) is 0 Å². The lowest BCUT2D eigenvalue weighted by atomic mass is 9.98. The van der Waals surface area contributed by atoms with E-state index in [-0.39, 0.29) is 11.8 Å². The van der Waals surface area contributed by atoms with E-state index in [0.717, 1.165) is 22.6 Å². The van der Waals surface area contributed by atoms with E-state index < -0.39 is 0 Å². The molecule has 0 aromatic carbocycles. The summed E-state index contributed by atoms with van der Waals surface area (Å²) in [4.78, 5) is 22.3. The molecule has 22 heavy (non-hydrogen) atoms. The van der Waals surface area contributed by atoms with Crippen LogP contribution in [0.4, 0.5) is 0 Å². The third-order valence-corrected chi connectivity index (χ3v) is 4.27. The summed E-state index contributed by atoms with van der Waals surface area (Å²) in [7, 11) is 3.68. The second kappa shape index (κ2) is 5.61. The van der Waals surface area contributed by atoms with Crippen molar-refractivity contribution in [3.63, 3.8) is 0 Å². The number of fused-ring (bicyclic) bond motifs is 1. The maximum Gasteiger partial charge on any atom is 0.256 e. The summed E-state index contributed by atoms with van der Waals surface area (Å²) in [5.41, 5.74) is 4.80. The smallest absolute Gasteiger partial charge is 0.256 e. The molecule has 2 aromatic heterocycles. The summed E-state index contributed by atoms with van der Waals surface area (Å²) in [5.74, 6) is 0.213. The molecule has 6 heteroatoms. The summed E-state index contributed by atoms with van der Waals surface area (Å²) in [5, 5.41) is 0. The van der Waals surface area contributed by atoms with Crippen LogP contribution in [0.15, 0.2) is 12.4 Å². The maximum absolute atomic E-state index is 12.8. The average Bonchev–Trinajstić information content (AvgIpc) is 3.01. The van der Waals surface area contributed by atoms with Crippen molar-refractivity contribution in [3.8, 4) is 0 Å². The predicted molar refractivity (Wildman–Crippen MR) is 82.8 cm³/mol. The summed E-state index contributed by atoms with van der Waals surface area (Å²) < 4.78 is 7.37. The van der Waals surface area contributed by atoms with Gasteiger partial charge in [0, 0.05) is 43.7 Å². The Kier molecular flexibility index (Phi) is 3.78. The molecule has 0 fully saturated rings. The van der Waals surface area contributed by atoms with Crippen molar-refractivity contribution < 1.29 is 9.53 Å². The molecule has 0 bridgehead atoms. The number of hydrogen-bond acceptors (Lipinski definition) is 3. The first-order valence-electron chi connectivity index (χ1n) is 7.45. The fourth-order valence-corrected chi connectivity index (χ4v) is 3.34. The molecule has 0 spiro atoms. The average molecular weight is 302 g/mol. The van der Waals surface area contributed by atoms with Gasteiger partial charge in [0.15, 0.2) is 0 Å². The molecule has 2 aromatic rings. The Morgan fingerprint density at radius 1 is 1.50 bits per heavy atom. The SMILES string of the molecule is COC[C@H]1CN(C(=O)c2cc(C)[nH]c2C)Cc2ncn(C)c21. The van der Waals surface area contributed by atoms with Crippen molar-refractivity contribution in [3.05, 3.63) is 40.7 Å². The zero-order chi connectivity index (χ0) is 15.9. The lowest BCUT2D eigenvalue weighted by Gasteiger charge is -2.32. The fourth-order valence-electron chi connectivity index (χ4n) is 3.34. The molecule has 1 N–H and O–H groups in total. The van der Waals surface area contributed by atoms with Gasteiger partial charge in [0.05, 0.1) is 30.7 Å². The van der Waals surface area contributed by atoms with Gasteiger partial charge in [-0.05, 0) is 19.9 Å². The van der Waals surface area contributed by atoms with Crippen LogP contribution in [0.3, 0.4) is 0 Å². The van der Waals surface area contributed by atoms with Gasteiger partial charge in [-0.1, -0.05) is 0 Å². The molecule has 3 heterocycles. The Hall–Kier alpha value is -2.08. The number of aryl methyl sites for hydroxylation is 3. The number of rotatable bonds is 3. The number of carbonyl (C=O) groups is 1. The van der Waals surface area contributed by atoms with Crippen molar-refractivity contribution in [2.24, 2.45) is 7.05 Å². The van der Waals surface area contributed by atoms with Gasteiger partial charge in [-0.3, -0.25) is 4.79 Å². The number of aromatic amines is 1. The lowest BCUT2D eigenvalue weighted by Crippen LogP contribution is -2.40. The highest BCUT2D eigenvalue weighted by Crippen LogP contribution is 2.29. The Morgan fingerprint density at radius 2 is 2.27 bits per heavy atom. The molecule has 0 radical (unpaired) electrons. The van der Waals surface area contributed by atoms with Crippen LogP contribution in [0.5, 0.6) is 0 Å². The Labute approximate surface area is 130 Å². The molecule has 1 amide bonds. The van der Waals surface area contributed by atoms with Crippen molar-refractivity contribution >= 4 is 5.91 Å². The van der Waals surface area contributed by atoms with Crippen LogP contribution in [0.2, 0.25) is 0 Å². The molecule has 0 saturated heterocycles. The van der Waals surface area contributed by atoms with E-state index in [1.807, 2.05) is 42.8 Å². The van der Waals surface area contributed by atoms with Gasteiger partial charge in [0.1, 0.15) is 0 Å². The number of H-pyrrole nitrogens is 1. The van der Waals surface area contributed by atoms with Gasteiger partial charge >= 0.3 is 0 Å². The maximum atomic E-state index is 12.8. The van der Waals surface area contributed by atoms with Gasteiger partial charge in [-0.15, -0.1) is 0 Å². The van der Waals surface area contributed by atoms with Crippen molar-refractivity contribution in [2.45, 2.75) is 26.3 Å². The minimum atomic E-state index is 0.0549. The summed E-state index contributed by atoms with van der Waals surface area (Å²) in [6.07, 6.45) is 1.81. The number of ether oxygens (including phenoxy) is 1. The first-order valence-corrected chi connectivity index (χ1v) is 7.45. The van der Waals surface area contributed by atoms with Crippen LogP contribution in [-0.2, 0) is 18.3 Å². The zero-order valence-corrected chi connectivity index (χ0v) is 13.5. The number of nitrogens with one attached hydrogen (secondary N) is 1. The number of hydrogen-bond donors (Lipinski definition) is 1. The monoisotopic (exact) mass is 302 g/mol. The number of carbonyl (C=O) groups excluding carboxylic acids is 1. The molecule has 6 nitrogen and oxygen atoms in total. The summed E-state index contributed by atoms with van der Waals surface area (Å²) in [6, 6.07) is 1.91. The Morgan fingerprint density at radius 3 is 2.91 bits per heavy atom. The Bertz CT molecular complexity index is 701. The molecule has 0 aliphatic carbocycles. The number of amides is 1. The van der Waals surface area contributed by atoms with E-state index in [4.69, 9.17) is 4.74 Å². The van der Waals surface area contributed by atoms with E-state index in [0.29, 0.717) is 19.7 Å². The van der Waals surface area contributed by atoms with E-state index in [2.05, 4.69) is 9.97 Å². The van der Waals surface area contributed by atoms with Gasteiger partial charge in [0.2, 0.25) is 0 Å². The van der Waals surface area contributed by atoms with Gasteiger partial charge < -0.3 is 19.2 Å². The highest BCUT2D eigenvalue weighted by molar-refractivity contribution is 5.95. The first-order chi connectivity index (χ1) is 10.5. The minimum absolute atomic E-state index is 0.0549. The molecule has 118 valence electrons. The Balaban J connectivity index is 1.90. The van der Waals surface area contributed by atoms with Crippen molar-refractivity contribution in [1.29, 1.82) is 0 Å². The largest absolute Gasteiger partial charge is 0.384 e. The molecular weight excluding hydrogens is 280 g/mol. The van der Waals surface area contributed by atoms with Gasteiger partial charge in [-0.2, -0.15) is 0 Å². The van der Waals surface area contributed by atoms with Crippen LogP contribution in [0.1, 0.15) is 39.1 Å². The summed E-state index contributed by atoms with van der Waals surface area (Å²) >= 11 is 0. The quantitative estimate of drug-likeness (QED) is 0.939. The molecule has 1 atom stereocenters. The highest BCUT2D eigenvalue weighted by atomic mass is 16.5. The zero-order valence-electron chi connectivity index (χ0n) is 13.5. The van der Waals surface area contributed by atoms with Crippen LogP contribution >= 0.6 is 0 Å². The van der Waals surface area contributed by atoms with E-state index in [9.17, 15) is 4.79 Å². The summed E-state index contributed by atoms with van der Waals surface area (Å²) in [6.45, 7) is 5.69. The predicted octanol–water partition coefficient (Wildman–Crippen LogP) is 1.75. The highest BCUT2D eigenvalue weighted by Gasteiger charge is 2.32. The molecule has 0 unspecified atom stereocenters. The van der Waals surface area contributed by atoms with Gasteiger partial charge in [0.25, 0.3) is 5.91 Å². The number of imidazole rings is 1. The third-order valence-electron chi connectivity index (χ3n) is 4.27. The van der Waals surface area contributed by atoms with Crippen LogP contribution in [0, 0.1) is 13.8 Å². The lowest BCUT2D eigenvalue weighted by molar-refractivity contribution is 0.0672. The van der Waals surface area contributed by atoms with Crippen molar-refractivity contribution in [2.75, 3.05) is 20.3 Å². The van der Waals surface area contributed by atoms with Crippen LogP contribution in [-0.4, -0.2) is 45.6 Å². The molecular formula is C16H22N4O2. The first kappa shape index (κ1) is 14.8. The molecule has 1 aliphatic heterocycles. The van der Waals surface area contributed by atoms with E-state index >= 15 is 0 Å². The molecule has 3 rings (SSSR count).